The van der Waals surface area contributed by atoms with Crippen LogP contribution in [0.3, 0.4) is 0 Å². The van der Waals surface area contributed by atoms with Gasteiger partial charge in [0.25, 0.3) is 0 Å². The first-order valence-electron chi connectivity index (χ1n) is 9.30. The molecule has 0 amide bonds. The van der Waals surface area contributed by atoms with Gasteiger partial charge in [-0.2, -0.15) is 5.26 Å². The van der Waals surface area contributed by atoms with Crippen molar-refractivity contribution >= 4 is 34.0 Å². The minimum atomic E-state index is 0.457. The maximum Gasteiger partial charge on any atom is 0.120 e. The van der Waals surface area contributed by atoms with E-state index in [1.54, 1.807) is 0 Å². The smallest absolute Gasteiger partial charge is 0.120 e. The van der Waals surface area contributed by atoms with E-state index < -0.39 is 0 Å². The number of halogens is 1. The largest absolute Gasteiger partial charge is 0.489 e. The van der Waals surface area contributed by atoms with Gasteiger partial charge in [0.05, 0.1) is 11.6 Å². The van der Waals surface area contributed by atoms with Crippen molar-refractivity contribution in [2.24, 2.45) is 0 Å². The molecule has 0 fully saturated rings. The van der Waals surface area contributed by atoms with Crippen LogP contribution in [0.1, 0.15) is 16.7 Å². The number of ether oxygens (including phenoxy) is 1. The van der Waals surface area contributed by atoms with Crippen LogP contribution in [-0.2, 0) is 6.61 Å². The van der Waals surface area contributed by atoms with Gasteiger partial charge in [0.15, 0.2) is 0 Å². The van der Waals surface area contributed by atoms with Gasteiger partial charge in [-0.05, 0) is 52.2 Å². The van der Waals surface area contributed by atoms with Gasteiger partial charge in [-0.1, -0.05) is 78.3 Å². The Kier molecular flexibility index (Phi) is 5.61. The van der Waals surface area contributed by atoms with Gasteiger partial charge in [0, 0.05) is 10.6 Å². The molecule has 0 saturated heterocycles. The van der Waals surface area contributed by atoms with Gasteiger partial charge in [-0.3, -0.25) is 0 Å². The summed E-state index contributed by atoms with van der Waals surface area (Å²) in [7, 11) is 0. The molecule has 0 aliphatic heterocycles. The van der Waals surface area contributed by atoms with E-state index in [9.17, 15) is 5.26 Å². The summed E-state index contributed by atoms with van der Waals surface area (Å²) in [4.78, 5) is 0. The van der Waals surface area contributed by atoms with Gasteiger partial charge < -0.3 is 4.74 Å². The van der Waals surface area contributed by atoms with E-state index in [0.717, 1.165) is 33.2 Å². The molecule has 4 aromatic rings. The zero-order valence-electron chi connectivity index (χ0n) is 15.7. The molecule has 0 radical (unpaired) electrons. The highest BCUT2D eigenvalue weighted by Crippen LogP contribution is 2.27. The fraction of sp³-hybridized carbons (Fsp3) is 0.0385. The van der Waals surface area contributed by atoms with Crippen LogP contribution in [0.25, 0.3) is 22.4 Å². The van der Waals surface area contributed by atoms with Crippen molar-refractivity contribution in [1.82, 2.24) is 0 Å². The third-order valence-electron chi connectivity index (χ3n) is 4.69. The average molecular weight is 396 g/mol. The monoisotopic (exact) mass is 395 g/mol. The maximum atomic E-state index is 9.78. The molecule has 0 bridgehead atoms. The molecule has 0 unspecified atom stereocenters. The minimum Gasteiger partial charge on any atom is -0.489 e. The molecule has 4 rings (SSSR count). The summed E-state index contributed by atoms with van der Waals surface area (Å²) in [6.45, 7) is 0.457. The van der Waals surface area contributed by atoms with Crippen molar-refractivity contribution in [3.63, 3.8) is 0 Å². The molecule has 29 heavy (non-hydrogen) atoms. The first kappa shape index (κ1) is 18.8. The van der Waals surface area contributed by atoms with Crippen LogP contribution in [0, 0.1) is 11.3 Å². The molecule has 0 saturated carbocycles. The molecule has 0 aromatic heterocycles. The lowest BCUT2D eigenvalue weighted by atomic mass is 9.97. The van der Waals surface area contributed by atoms with Crippen LogP contribution in [0.2, 0.25) is 5.02 Å². The van der Waals surface area contributed by atoms with Crippen molar-refractivity contribution < 1.29 is 4.74 Å². The van der Waals surface area contributed by atoms with Crippen LogP contribution in [0.5, 0.6) is 5.75 Å². The number of hydrogen-bond acceptors (Lipinski definition) is 2. The summed E-state index contributed by atoms with van der Waals surface area (Å²) in [5.41, 5.74) is 3.52. The lowest BCUT2D eigenvalue weighted by Crippen LogP contribution is -1.95. The highest BCUT2D eigenvalue weighted by atomic mass is 35.5. The van der Waals surface area contributed by atoms with Crippen molar-refractivity contribution in [3.05, 3.63) is 113 Å². The highest BCUT2D eigenvalue weighted by Gasteiger charge is 2.06. The molecule has 4 aromatic carbocycles. The predicted molar refractivity (Wildman–Crippen MR) is 120 cm³/mol. The van der Waals surface area contributed by atoms with Crippen molar-refractivity contribution in [2.75, 3.05) is 0 Å². The summed E-state index contributed by atoms with van der Waals surface area (Å²) in [6.07, 6.45) is 1.90. The zero-order chi connectivity index (χ0) is 20.1. The number of nitrogens with zero attached hydrogens (tertiary/aromatic N) is 1. The molecular formula is C26H18ClNO. The summed E-state index contributed by atoms with van der Waals surface area (Å²) in [6, 6.07) is 31.8. The van der Waals surface area contributed by atoms with Crippen LogP contribution in [0.4, 0.5) is 0 Å². The Bertz CT molecular complexity index is 1210. The van der Waals surface area contributed by atoms with E-state index in [-0.39, 0.29) is 0 Å². The van der Waals surface area contributed by atoms with E-state index in [1.165, 1.54) is 0 Å². The Labute approximate surface area is 175 Å². The first-order chi connectivity index (χ1) is 14.2. The van der Waals surface area contributed by atoms with Gasteiger partial charge in [-0.25, -0.2) is 0 Å². The van der Waals surface area contributed by atoms with Crippen LogP contribution in [-0.4, -0.2) is 0 Å². The lowest BCUT2D eigenvalue weighted by Gasteiger charge is -2.08. The number of hydrogen-bond donors (Lipinski definition) is 0. The van der Waals surface area contributed by atoms with E-state index in [4.69, 9.17) is 16.3 Å². The number of nitriles is 1. The zero-order valence-corrected chi connectivity index (χ0v) is 16.4. The lowest BCUT2D eigenvalue weighted by molar-refractivity contribution is 0.306. The average Bonchev–Trinajstić information content (AvgIpc) is 2.77. The number of fused-ring (bicyclic) bond motifs is 1. The summed E-state index contributed by atoms with van der Waals surface area (Å²) >= 11 is 5.93. The molecule has 140 valence electrons. The van der Waals surface area contributed by atoms with Crippen molar-refractivity contribution in [2.45, 2.75) is 6.61 Å². The van der Waals surface area contributed by atoms with Gasteiger partial charge in [-0.15, -0.1) is 0 Å². The number of benzene rings is 4. The maximum absolute atomic E-state index is 9.78. The second-order valence-electron chi connectivity index (χ2n) is 6.68. The molecule has 2 nitrogen and oxygen atoms in total. The SMILES string of the molecule is N#C/C(=C/c1cccc(OCc2ccc(Cl)cc2)c1)c1cccc2ccccc12. The third-order valence-corrected chi connectivity index (χ3v) is 4.94. The van der Waals surface area contributed by atoms with Crippen LogP contribution in [0.15, 0.2) is 91.0 Å². The topological polar surface area (TPSA) is 33.0 Å². The predicted octanol–water partition coefficient (Wildman–Crippen LogP) is 7.14. The molecule has 0 heterocycles. The molecule has 3 heteroatoms. The van der Waals surface area contributed by atoms with Crippen molar-refractivity contribution in [3.8, 4) is 11.8 Å². The fourth-order valence-corrected chi connectivity index (χ4v) is 3.36. The number of rotatable bonds is 5. The fourth-order valence-electron chi connectivity index (χ4n) is 3.24. The van der Waals surface area contributed by atoms with Gasteiger partial charge >= 0.3 is 0 Å². The van der Waals surface area contributed by atoms with Crippen LogP contribution >= 0.6 is 11.6 Å². The molecule has 0 spiro atoms. The van der Waals surface area contributed by atoms with Crippen molar-refractivity contribution in [1.29, 1.82) is 5.26 Å². The Balaban J connectivity index is 1.60. The Morgan fingerprint density at radius 1 is 0.897 bits per heavy atom. The first-order valence-corrected chi connectivity index (χ1v) is 9.68. The van der Waals surface area contributed by atoms with E-state index >= 15 is 0 Å². The van der Waals surface area contributed by atoms with Gasteiger partial charge in [0.1, 0.15) is 12.4 Å². The molecule has 0 atom stereocenters. The molecule has 0 aliphatic rings. The van der Waals surface area contributed by atoms with Gasteiger partial charge in [0.2, 0.25) is 0 Å². The molecular weight excluding hydrogens is 378 g/mol. The standard InChI is InChI=1S/C26H18ClNO/c27-23-13-11-19(12-14-23)18-29-24-8-3-5-20(16-24)15-22(17-28)26-10-4-7-21-6-1-2-9-25(21)26/h1-16H,18H2/b22-15-. The minimum absolute atomic E-state index is 0.457. The van der Waals surface area contributed by atoms with E-state index in [0.29, 0.717) is 17.2 Å². The second-order valence-corrected chi connectivity index (χ2v) is 7.12. The van der Waals surface area contributed by atoms with Crippen LogP contribution < -0.4 is 4.74 Å². The highest BCUT2D eigenvalue weighted by molar-refractivity contribution is 6.30. The number of allylic oxidation sites excluding steroid dienone is 1. The van der Waals surface area contributed by atoms with E-state index in [1.807, 2.05) is 84.9 Å². The third kappa shape index (κ3) is 4.48. The quantitative estimate of drug-likeness (QED) is 0.266. The molecule has 0 aliphatic carbocycles. The summed E-state index contributed by atoms with van der Waals surface area (Å²) in [5.74, 6) is 0.754. The molecule has 0 N–H and O–H groups in total. The Hall–Kier alpha value is -3.54. The summed E-state index contributed by atoms with van der Waals surface area (Å²) in [5, 5.41) is 12.7. The second kappa shape index (κ2) is 8.65. The Morgan fingerprint density at radius 3 is 2.48 bits per heavy atom. The normalized spacial score (nSPS) is 11.2. The summed E-state index contributed by atoms with van der Waals surface area (Å²) < 4.78 is 5.91. The van der Waals surface area contributed by atoms with E-state index in [2.05, 4.69) is 18.2 Å². The Morgan fingerprint density at radius 2 is 1.66 bits per heavy atom.